The van der Waals surface area contributed by atoms with Gasteiger partial charge < -0.3 is 9.47 Å². The molecule has 0 N–H and O–H groups in total. The SMILES string of the molecule is COC(=O)c1cncc(CC(C)c2ccc(OC)cc2Cl)c1. The van der Waals surface area contributed by atoms with Gasteiger partial charge in [0.1, 0.15) is 5.75 Å². The number of esters is 1. The van der Waals surface area contributed by atoms with E-state index in [4.69, 9.17) is 21.1 Å². The zero-order valence-corrected chi connectivity index (χ0v) is 13.6. The van der Waals surface area contributed by atoms with Crippen molar-refractivity contribution in [2.45, 2.75) is 19.3 Å². The van der Waals surface area contributed by atoms with Gasteiger partial charge in [-0.25, -0.2) is 4.79 Å². The number of carbonyl (C=O) groups is 1. The fourth-order valence-corrected chi connectivity index (χ4v) is 2.68. The van der Waals surface area contributed by atoms with E-state index in [1.807, 2.05) is 12.1 Å². The predicted octanol–water partition coefficient (Wildman–Crippen LogP) is 3.88. The van der Waals surface area contributed by atoms with Crippen molar-refractivity contribution in [1.29, 1.82) is 0 Å². The van der Waals surface area contributed by atoms with Crippen molar-refractivity contribution in [3.05, 3.63) is 58.4 Å². The number of halogens is 1. The monoisotopic (exact) mass is 319 g/mol. The van der Waals surface area contributed by atoms with Gasteiger partial charge in [-0.2, -0.15) is 0 Å². The number of methoxy groups -OCH3 is 2. The van der Waals surface area contributed by atoms with E-state index in [1.165, 1.54) is 13.3 Å². The smallest absolute Gasteiger partial charge is 0.339 e. The Bertz CT molecular complexity index is 673. The maximum absolute atomic E-state index is 11.5. The summed E-state index contributed by atoms with van der Waals surface area (Å²) < 4.78 is 9.87. The molecule has 1 atom stereocenters. The second-order valence-corrected chi connectivity index (χ2v) is 5.47. The van der Waals surface area contributed by atoms with Crippen molar-refractivity contribution in [2.24, 2.45) is 0 Å². The lowest BCUT2D eigenvalue weighted by atomic mass is 9.94. The van der Waals surface area contributed by atoms with Gasteiger partial charge in [-0.3, -0.25) is 4.98 Å². The number of nitrogens with zero attached hydrogens (tertiary/aromatic N) is 1. The third-order valence-corrected chi connectivity index (χ3v) is 3.82. The maximum atomic E-state index is 11.5. The standard InChI is InChI=1S/C17H18ClNO3/c1-11(15-5-4-14(21-2)8-16(15)18)6-12-7-13(10-19-9-12)17(20)22-3/h4-5,7-11H,6H2,1-3H3. The molecule has 1 heterocycles. The summed E-state index contributed by atoms with van der Waals surface area (Å²) in [6, 6.07) is 7.45. The summed E-state index contributed by atoms with van der Waals surface area (Å²) in [5.41, 5.74) is 2.45. The highest BCUT2D eigenvalue weighted by Gasteiger charge is 2.13. The lowest BCUT2D eigenvalue weighted by molar-refractivity contribution is 0.0600. The van der Waals surface area contributed by atoms with Crippen LogP contribution in [0.5, 0.6) is 5.75 Å². The van der Waals surface area contributed by atoms with Gasteiger partial charge in [0.25, 0.3) is 0 Å². The topological polar surface area (TPSA) is 48.4 Å². The lowest BCUT2D eigenvalue weighted by Crippen LogP contribution is -2.05. The number of carbonyl (C=O) groups excluding carboxylic acids is 1. The Morgan fingerprint density at radius 3 is 2.68 bits per heavy atom. The highest BCUT2D eigenvalue weighted by Crippen LogP contribution is 2.30. The van der Waals surface area contributed by atoms with Crippen LogP contribution >= 0.6 is 11.6 Å². The summed E-state index contributed by atoms with van der Waals surface area (Å²) >= 11 is 6.30. The molecular formula is C17H18ClNO3. The number of hydrogen-bond donors (Lipinski definition) is 0. The van der Waals surface area contributed by atoms with Gasteiger partial charge in [0.15, 0.2) is 0 Å². The van der Waals surface area contributed by atoms with Crippen molar-refractivity contribution in [2.75, 3.05) is 14.2 Å². The van der Waals surface area contributed by atoms with Gasteiger partial charge >= 0.3 is 5.97 Å². The van der Waals surface area contributed by atoms with E-state index in [0.717, 1.165) is 23.3 Å². The summed E-state index contributed by atoms with van der Waals surface area (Å²) in [5.74, 6) is 0.535. The fraction of sp³-hybridized carbons (Fsp3) is 0.294. The first-order chi connectivity index (χ1) is 10.5. The van der Waals surface area contributed by atoms with Crippen molar-refractivity contribution in [1.82, 2.24) is 4.98 Å². The minimum absolute atomic E-state index is 0.188. The molecule has 1 aromatic carbocycles. The number of pyridine rings is 1. The third kappa shape index (κ3) is 3.77. The molecule has 2 aromatic rings. The second-order valence-electron chi connectivity index (χ2n) is 5.07. The summed E-state index contributed by atoms with van der Waals surface area (Å²) in [6.45, 7) is 2.08. The van der Waals surface area contributed by atoms with Gasteiger partial charge in [-0.05, 0) is 41.7 Å². The molecule has 0 spiro atoms. The molecule has 0 bridgehead atoms. The van der Waals surface area contributed by atoms with Crippen molar-refractivity contribution in [3.63, 3.8) is 0 Å². The fourth-order valence-electron chi connectivity index (χ4n) is 2.33. The number of aromatic nitrogens is 1. The van der Waals surface area contributed by atoms with E-state index in [0.29, 0.717) is 10.6 Å². The molecule has 0 aliphatic rings. The van der Waals surface area contributed by atoms with E-state index in [-0.39, 0.29) is 11.9 Å². The van der Waals surface area contributed by atoms with Crippen LogP contribution in [0, 0.1) is 0 Å². The molecule has 0 radical (unpaired) electrons. The maximum Gasteiger partial charge on any atom is 0.339 e. The van der Waals surface area contributed by atoms with E-state index in [2.05, 4.69) is 11.9 Å². The van der Waals surface area contributed by atoms with Gasteiger partial charge in [0.2, 0.25) is 0 Å². The van der Waals surface area contributed by atoms with E-state index in [1.54, 1.807) is 25.4 Å². The lowest BCUT2D eigenvalue weighted by Gasteiger charge is -2.15. The van der Waals surface area contributed by atoms with Crippen LogP contribution in [0.4, 0.5) is 0 Å². The normalized spacial score (nSPS) is 11.8. The Balaban J connectivity index is 2.18. The summed E-state index contributed by atoms with van der Waals surface area (Å²) in [6.07, 6.45) is 3.98. The van der Waals surface area contributed by atoms with Crippen molar-refractivity contribution < 1.29 is 14.3 Å². The molecule has 1 aromatic heterocycles. The zero-order valence-electron chi connectivity index (χ0n) is 12.8. The first kappa shape index (κ1) is 16.3. The average Bonchev–Trinajstić information content (AvgIpc) is 2.53. The highest BCUT2D eigenvalue weighted by molar-refractivity contribution is 6.31. The predicted molar refractivity (Wildman–Crippen MR) is 85.7 cm³/mol. The summed E-state index contributed by atoms with van der Waals surface area (Å²) in [7, 11) is 2.97. The Labute approximate surface area is 135 Å². The van der Waals surface area contributed by atoms with Crippen LogP contribution in [0.2, 0.25) is 5.02 Å². The number of hydrogen-bond acceptors (Lipinski definition) is 4. The molecule has 0 aliphatic heterocycles. The number of benzene rings is 1. The molecule has 0 fully saturated rings. The molecular weight excluding hydrogens is 302 g/mol. The molecule has 2 rings (SSSR count). The van der Waals surface area contributed by atoms with Crippen LogP contribution < -0.4 is 4.74 Å². The van der Waals surface area contributed by atoms with Gasteiger partial charge in [0.05, 0.1) is 19.8 Å². The third-order valence-electron chi connectivity index (χ3n) is 3.50. The van der Waals surface area contributed by atoms with Crippen LogP contribution in [0.3, 0.4) is 0 Å². The Hall–Kier alpha value is -2.07. The van der Waals surface area contributed by atoms with Crippen LogP contribution in [0.25, 0.3) is 0 Å². The molecule has 4 nitrogen and oxygen atoms in total. The van der Waals surface area contributed by atoms with E-state index >= 15 is 0 Å². The van der Waals surface area contributed by atoms with Crippen molar-refractivity contribution in [3.8, 4) is 5.75 Å². The van der Waals surface area contributed by atoms with Gasteiger partial charge in [-0.1, -0.05) is 24.6 Å². The van der Waals surface area contributed by atoms with Gasteiger partial charge in [-0.15, -0.1) is 0 Å². The Kier molecular flexibility index (Phi) is 5.39. The molecule has 0 saturated heterocycles. The van der Waals surface area contributed by atoms with E-state index in [9.17, 15) is 4.79 Å². The Morgan fingerprint density at radius 2 is 2.05 bits per heavy atom. The quantitative estimate of drug-likeness (QED) is 0.785. The van der Waals surface area contributed by atoms with E-state index < -0.39 is 0 Å². The molecule has 5 heteroatoms. The summed E-state index contributed by atoms with van der Waals surface area (Å²) in [5, 5.41) is 0.670. The van der Waals surface area contributed by atoms with Crippen LogP contribution in [0.15, 0.2) is 36.7 Å². The molecule has 22 heavy (non-hydrogen) atoms. The minimum Gasteiger partial charge on any atom is -0.497 e. The first-order valence-electron chi connectivity index (χ1n) is 6.90. The minimum atomic E-state index is -0.385. The second kappa shape index (κ2) is 7.27. The van der Waals surface area contributed by atoms with Crippen LogP contribution in [-0.2, 0) is 11.2 Å². The Morgan fingerprint density at radius 1 is 1.27 bits per heavy atom. The van der Waals surface area contributed by atoms with Crippen molar-refractivity contribution >= 4 is 17.6 Å². The molecule has 0 aliphatic carbocycles. The van der Waals surface area contributed by atoms with Crippen LogP contribution in [0.1, 0.15) is 34.3 Å². The zero-order chi connectivity index (χ0) is 16.1. The highest BCUT2D eigenvalue weighted by atomic mass is 35.5. The molecule has 0 saturated carbocycles. The molecule has 1 unspecified atom stereocenters. The van der Waals surface area contributed by atoms with Crippen LogP contribution in [-0.4, -0.2) is 25.2 Å². The largest absolute Gasteiger partial charge is 0.497 e. The molecule has 116 valence electrons. The number of rotatable bonds is 5. The summed E-state index contributed by atoms with van der Waals surface area (Å²) in [4.78, 5) is 15.6. The average molecular weight is 320 g/mol. The number of ether oxygens (including phenoxy) is 2. The van der Waals surface area contributed by atoms with Gasteiger partial charge in [0, 0.05) is 17.4 Å². The first-order valence-corrected chi connectivity index (χ1v) is 7.28. The molecule has 0 amide bonds.